The van der Waals surface area contributed by atoms with Crippen molar-refractivity contribution in [3.8, 4) is 0 Å². The van der Waals surface area contributed by atoms with E-state index in [9.17, 15) is 67.4 Å². The van der Waals surface area contributed by atoms with Crippen molar-refractivity contribution in [2.45, 2.75) is 226 Å². The van der Waals surface area contributed by atoms with Gasteiger partial charge in [0, 0.05) is 85.3 Å². The van der Waals surface area contributed by atoms with Gasteiger partial charge in [-0.2, -0.15) is 0 Å². The molecule has 0 saturated carbocycles. The maximum Gasteiger partial charge on any atom is 0.410 e. The number of hydrogen-bond donors (Lipinski definition) is 11. The molecule has 37 nitrogen and oxygen atoms in total. The summed E-state index contributed by atoms with van der Waals surface area (Å²) in [6, 6.07) is 6.84. The Morgan fingerprint density at radius 1 is 0.581 bits per heavy atom. The fourth-order valence-corrected chi connectivity index (χ4v) is 14.6. The zero-order valence-corrected chi connectivity index (χ0v) is 75.2. The summed E-state index contributed by atoms with van der Waals surface area (Å²) >= 11 is 0. The molecule has 698 valence electrons. The predicted octanol–water partition coefficient (Wildman–Crippen LogP) is 4.50. The number of methoxy groups -OCH3 is 2. The molecule has 0 unspecified atom stereocenters. The number of nitrogens with zero attached hydrogens (tertiary/aromatic N) is 4. The third-order valence-corrected chi connectivity index (χ3v) is 21.7. The largest absolute Gasteiger partial charge is 0.447 e. The Morgan fingerprint density at radius 2 is 1.15 bits per heavy atom. The van der Waals surface area contributed by atoms with Gasteiger partial charge >= 0.3 is 18.2 Å². The highest BCUT2D eigenvalue weighted by molar-refractivity contribution is 6.13. The van der Waals surface area contributed by atoms with E-state index in [4.69, 9.17) is 54.1 Å². The first kappa shape index (κ1) is 107. The van der Waals surface area contributed by atoms with Gasteiger partial charge in [0.25, 0.3) is 11.8 Å². The number of aliphatic hydroxyl groups excluding tert-OH is 1. The average Bonchev–Trinajstić information content (AvgIpc) is 1.68. The van der Waals surface area contributed by atoms with Crippen LogP contribution in [0, 0.1) is 29.6 Å². The van der Waals surface area contributed by atoms with Crippen molar-refractivity contribution in [1.29, 1.82) is 0 Å². The summed E-state index contributed by atoms with van der Waals surface area (Å²) in [7, 11) is 6.03. The van der Waals surface area contributed by atoms with Gasteiger partial charge < -0.3 is 112 Å². The normalized spacial score (nSPS) is 16.2. The highest BCUT2D eigenvalue weighted by Gasteiger charge is 2.45. The van der Waals surface area contributed by atoms with Crippen molar-refractivity contribution in [3.05, 3.63) is 77.9 Å². The minimum absolute atomic E-state index is 0.00813. The van der Waals surface area contributed by atoms with Gasteiger partial charge in [0.1, 0.15) is 43.4 Å². The third kappa shape index (κ3) is 37.8. The molecule has 13 N–H and O–H groups in total. The Morgan fingerprint density at radius 3 is 1.72 bits per heavy atom. The summed E-state index contributed by atoms with van der Waals surface area (Å²) < 4.78 is 50.1. The molecule has 1 fully saturated rings. The van der Waals surface area contributed by atoms with Gasteiger partial charge in [-0.05, 0) is 112 Å². The molecule has 2 aromatic rings. The second-order valence-corrected chi connectivity index (χ2v) is 32.2. The molecule has 124 heavy (non-hydrogen) atoms. The van der Waals surface area contributed by atoms with E-state index in [1.807, 2.05) is 32.0 Å². The molecule has 2 heterocycles. The molecule has 2 aliphatic rings. The molecule has 37 heteroatoms. The van der Waals surface area contributed by atoms with Crippen LogP contribution in [0.2, 0.25) is 0 Å². The molecule has 2 aromatic carbocycles. The van der Waals surface area contributed by atoms with E-state index in [0.29, 0.717) is 128 Å². The first-order valence-corrected chi connectivity index (χ1v) is 43.4. The number of benzene rings is 2. The SMILES string of the molecule is CC[C@H](C)[C@@H]([C@@H](CC(=O)N1CCC[C@H]1[C@H](OC)[C@@H](C)C(=O)N[C@H](C)[C@@H](O)c1ccccc1)OC)N(C)C(=O)[C@@H](NC(=O)[C@H](C(C)C)N(C)C(=O)OCc1ccc(NC(=O)[C@H](CCCNC(N)=O)NC(=O)[C@@H](NC(=O)[C@H](CCCCNC(=O)OCCOCCOCCOCCOCCOCCN)NC(=O)CCCCCN2C(=O)C=CC2=O)C(C)C)cc1)C(C)C. The number of urea groups is 1. The fraction of sp³-hybridized carbons (Fsp3) is 0.690. The van der Waals surface area contributed by atoms with Gasteiger partial charge in [-0.1, -0.05) is 118 Å². The number of unbranched alkanes of at least 4 members (excludes halogenated alkanes) is 3. The molecular formula is C87H142N14O23. The lowest BCUT2D eigenvalue weighted by Crippen LogP contribution is -2.60. The van der Waals surface area contributed by atoms with Gasteiger partial charge in [0.2, 0.25) is 47.3 Å². The summed E-state index contributed by atoms with van der Waals surface area (Å²) in [4.78, 5) is 182. The number of ether oxygens (including phenoxy) is 9. The number of hydrogen-bond acceptors (Lipinski definition) is 24. The molecule has 13 atom stereocenters. The molecule has 4 rings (SSSR count). The second kappa shape index (κ2) is 58.7. The van der Waals surface area contributed by atoms with E-state index < -0.39 is 156 Å². The van der Waals surface area contributed by atoms with Crippen LogP contribution in [-0.4, -0.2) is 296 Å². The third-order valence-electron chi connectivity index (χ3n) is 21.7. The number of aliphatic hydroxyl groups is 1. The van der Waals surface area contributed by atoms with E-state index in [1.165, 1.54) is 38.3 Å². The monoisotopic (exact) mass is 1750 g/mol. The number of carbonyl (C=O) groups is 13. The molecular weight excluding hydrogens is 1610 g/mol. The molecule has 0 aliphatic carbocycles. The van der Waals surface area contributed by atoms with Crippen molar-refractivity contribution in [2.75, 3.05) is 139 Å². The van der Waals surface area contributed by atoms with Crippen molar-refractivity contribution >= 4 is 83.0 Å². The van der Waals surface area contributed by atoms with Crippen molar-refractivity contribution in [2.24, 2.45) is 41.1 Å². The number of rotatable bonds is 62. The van der Waals surface area contributed by atoms with Gasteiger partial charge in [-0.25, -0.2) is 14.4 Å². The summed E-state index contributed by atoms with van der Waals surface area (Å²) in [5.41, 5.74) is 12.1. The zero-order chi connectivity index (χ0) is 91.8. The van der Waals surface area contributed by atoms with Crippen LogP contribution >= 0.6 is 0 Å². The Labute approximate surface area is 730 Å². The molecule has 14 amide bonds. The minimum Gasteiger partial charge on any atom is -0.447 e. The van der Waals surface area contributed by atoms with Crippen molar-refractivity contribution in [3.63, 3.8) is 0 Å². The van der Waals surface area contributed by atoms with Crippen molar-refractivity contribution < 1.29 is 110 Å². The van der Waals surface area contributed by atoms with E-state index in [2.05, 4.69) is 42.5 Å². The Bertz CT molecular complexity index is 3620. The van der Waals surface area contributed by atoms with Crippen LogP contribution in [-0.2, 0) is 97.2 Å². The van der Waals surface area contributed by atoms with Crippen LogP contribution in [0.15, 0.2) is 66.7 Å². The van der Waals surface area contributed by atoms with Crippen LogP contribution in [0.4, 0.5) is 20.1 Å². The number of nitrogens with two attached hydrogens (primary N) is 2. The van der Waals surface area contributed by atoms with Gasteiger partial charge in [-0.15, -0.1) is 0 Å². The summed E-state index contributed by atoms with van der Waals surface area (Å²) in [5.74, 6) is -7.50. The lowest BCUT2D eigenvalue weighted by atomic mass is 9.89. The number of anilines is 1. The smallest absolute Gasteiger partial charge is 0.410 e. The van der Waals surface area contributed by atoms with Crippen LogP contribution < -0.4 is 54.0 Å². The van der Waals surface area contributed by atoms with Crippen LogP contribution in [0.5, 0.6) is 0 Å². The van der Waals surface area contributed by atoms with E-state index in [1.54, 1.807) is 104 Å². The topological polar surface area (TPSA) is 486 Å². The quantitative estimate of drug-likeness (QED) is 0.0321. The number of nitrogens with one attached hydrogen (secondary N) is 8. The highest BCUT2D eigenvalue weighted by Crippen LogP contribution is 2.31. The fourth-order valence-electron chi connectivity index (χ4n) is 14.6. The number of carbonyl (C=O) groups excluding carboxylic acids is 13. The highest BCUT2D eigenvalue weighted by atomic mass is 16.6. The number of primary amides is 1. The lowest BCUT2D eigenvalue weighted by molar-refractivity contribution is -0.148. The number of alkyl carbamates (subject to hydrolysis) is 1. The van der Waals surface area contributed by atoms with Crippen molar-refractivity contribution in [1.82, 2.24) is 56.8 Å². The summed E-state index contributed by atoms with van der Waals surface area (Å²) in [6.07, 6.45) is 2.27. The maximum atomic E-state index is 14.9. The van der Waals surface area contributed by atoms with Gasteiger partial charge in [0.15, 0.2) is 0 Å². The standard InChI is InChI=1S/C87H142N14O23/c1-15-59(8)76(68(116-13)54-72(105)100-42-25-30-67(100)78(117-14)60(9)79(107)92-61(10)77(106)63-26-18-16-19-27-63)98(11)84(112)74(57(4)5)97-83(111)75(58(6)7)99(12)87(115)124-55-62-32-34-64(35-33-62)93-80(108)66(29-24-40-90-85(89)113)95-82(110)73(56(2)3)96-81(109)65(94-69(102)31-20-17-23-41-101-70(103)36-37-71(101)104)28-21-22-39-91-86(114)123-53-52-122-51-50-121-49-48-120-47-46-119-45-44-118-43-38-88/h16,18-19,26-27,32-37,56-61,65-68,73-78,106H,15,17,20-25,28-31,38-55,88H2,1-14H3,(H,91,114)(H,92,107)(H,93,108)(H,94,102)(H,95,110)(H,96,109)(H,97,111)(H3,89,90,113)/t59-,60+,61+,65-,66-,67-,68+,73-,74-,75-,76-,77+,78+/m0/s1. The van der Waals surface area contributed by atoms with Crippen LogP contribution in [0.1, 0.15) is 170 Å². The number of imide groups is 1. The summed E-state index contributed by atoms with van der Waals surface area (Å²) in [5, 5.41) is 33.1. The maximum absolute atomic E-state index is 14.9. The first-order valence-electron chi connectivity index (χ1n) is 43.4. The molecule has 1 saturated heterocycles. The lowest BCUT2D eigenvalue weighted by Gasteiger charge is -2.41. The Hall–Kier alpha value is -9.47. The van der Waals surface area contributed by atoms with Crippen LogP contribution in [0.3, 0.4) is 0 Å². The number of likely N-dealkylation sites (tertiary alicyclic amines) is 1. The molecule has 0 bridgehead atoms. The average molecular weight is 1750 g/mol. The molecule has 0 spiro atoms. The molecule has 0 aromatic heterocycles. The first-order chi connectivity index (χ1) is 59.2. The molecule has 0 radical (unpaired) electrons. The second-order valence-electron chi connectivity index (χ2n) is 32.2. The zero-order valence-electron chi connectivity index (χ0n) is 75.2. The Balaban J connectivity index is 1.37. The molecule has 2 aliphatic heterocycles. The van der Waals surface area contributed by atoms with Gasteiger partial charge in [-0.3, -0.25) is 57.7 Å². The van der Waals surface area contributed by atoms with E-state index in [-0.39, 0.29) is 102 Å². The van der Waals surface area contributed by atoms with Gasteiger partial charge in [0.05, 0.1) is 115 Å². The minimum atomic E-state index is -1.25. The van der Waals surface area contributed by atoms with Crippen LogP contribution in [0.25, 0.3) is 0 Å². The Kier molecular flexibility index (Phi) is 50.6. The summed E-state index contributed by atoms with van der Waals surface area (Å²) in [6.45, 7) is 22.4. The van der Waals surface area contributed by atoms with E-state index >= 15 is 0 Å². The number of likely N-dealkylation sites (N-methyl/N-ethyl adjacent to an activating group) is 2. The predicted molar refractivity (Wildman–Crippen MR) is 462 cm³/mol. The number of amides is 14. The van der Waals surface area contributed by atoms with E-state index in [0.717, 1.165) is 9.80 Å².